The van der Waals surface area contributed by atoms with Crippen LogP contribution < -0.4 is 10.6 Å². The number of carbonyl (C=O) groups is 1. The van der Waals surface area contributed by atoms with Gasteiger partial charge in [0.05, 0.1) is 18.3 Å². The summed E-state index contributed by atoms with van der Waals surface area (Å²) in [6.07, 6.45) is -4.53. The smallest absolute Gasteiger partial charge is 0.389 e. The Labute approximate surface area is 180 Å². The number of aromatic nitrogens is 2. The molecule has 2 aromatic carbocycles. The fourth-order valence-electron chi connectivity index (χ4n) is 3.69. The second-order valence-corrected chi connectivity index (χ2v) is 7.65. The van der Waals surface area contributed by atoms with E-state index in [2.05, 4.69) is 15.7 Å². The average Bonchev–Trinajstić information content (AvgIpc) is 3.17. The van der Waals surface area contributed by atoms with E-state index in [1.54, 1.807) is 31.2 Å². The number of anilines is 2. The van der Waals surface area contributed by atoms with E-state index in [4.69, 9.17) is 0 Å². The minimum atomic E-state index is -4.59. The third-order valence-electron chi connectivity index (χ3n) is 5.41. The molecular weight excluding hydrogens is 428 g/mol. The number of halogens is 4. The summed E-state index contributed by atoms with van der Waals surface area (Å²) in [7, 11) is 0. The summed E-state index contributed by atoms with van der Waals surface area (Å²) in [5, 5.41) is 19.0. The number of aliphatic hydroxyl groups excluding tert-OH is 1. The number of hydrogen-bond donors (Lipinski definition) is 3. The zero-order chi connectivity index (χ0) is 23.0. The molecule has 0 fully saturated rings. The van der Waals surface area contributed by atoms with Crippen LogP contribution in [0.5, 0.6) is 0 Å². The van der Waals surface area contributed by atoms with Gasteiger partial charge in [-0.1, -0.05) is 24.3 Å². The molecule has 6 nitrogen and oxygen atoms in total. The van der Waals surface area contributed by atoms with E-state index in [-0.39, 0.29) is 17.8 Å². The summed E-state index contributed by atoms with van der Waals surface area (Å²) in [4.78, 5) is 12.8. The lowest BCUT2D eigenvalue weighted by Crippen LogP contribution is -2.36. The highest BCUT2D eigenvalue weighted by atomic mass is 19.4. The molecule has 1 aliphatic rings. The first kappa shape index (κ1) is 21.8. The van der Waals surface area contributed by atoms with E-state index in [1.165, 1.54) is 24.3 Å². The van der Waals surface area contributed by atoms with Crippen molar-refractivity contribution < 1.29 is 27.5 Å². The SMILES string of the molecule is C[C@H](O)c1ccc(NC(=O)c2cnn3c2N[C@@H](c2ccc(F)cc2)C[C@H]3C(F)(F)F)cc1. The van der Waals surface area contributed by atoms with Gasteiger partial charge in [-0.05, 0) is 42.3 Å². The Balaban J connectivity index is 1.64. The molecule has 1 aliphatic heterocycles. The van der Waals surface area contributed by atoms with Crippen LogP contribution in [-0.4, -0.2) is 27.0 Å². The quantitative estimate of drug-likeness (QED) is 0.492. The standard InChI is InChI=1S/C22H20F4N4O2/c1-12(31)13-4-8-16(9-5-13)28-21(32)17-11-27-30-19(22(24,25)26)10-18(29-20(17)30)14-2-6-15(23)7-3-14/h2-9,11-12,18-19,29,31H,10H2,1H3,(H,28,32)/t12-,18+,19-/m0/s1. The van der Waals surface area contributed by atoms with Crippen molar-refractivity contribution in [1.82, 2.24) is 9.78 Å². The minimum Gasteiger partial charge on any atom is -0.389 e. The maximum absolute atomic E-state index is 13.8. The van der Waals surface area contributed by atoms with E-state index < -0.39 is 36.1 Å². The molecule has 4 rings (SSSR count). The lowest BCUT2D eigenvalue weighted by molar-refractivity contribution is -0.173. The fraction of sp³-hybridized carbons (Fsp3) is 0.273. The molecule has 0 aliphatic carbocycles. The summed E-state index contributed by atoms with van der Waals surface area (Å²) >= 11 is 0. The van der Waals surface area contributed by atoms with Crippen LogP contribution in [0.25, 0.3) is 0 Å². The fourth-order valence-corrected chi connectivity index (χ4v) is 3.69. The van der Waals surface area contributed by atoms with Crippen molar-refractivity contribution in [3.63, 3.8) is 0 Å². The number of carbonyl (C=O) groups excluding carboxylic acids is 1. The maximum Gasteiger partial charge on any atom is 0.410 e. The second-order valence-electron chi connectivity index (χ2n) is 7.65. The lowest BCUT2D eigenvalue weighted by Gasteiger charge is -2.34. The molecule has 0 unspecified atom stereocenters. The van der Waals surface area contributed by atoms with Gasteiger partial charge in [-0.25, -0.2) is 9.07 Å². The van der Waals surface area contributed by atoms with Gasteiger partial charge in [-0.2, -0.15) is 18.3 Å². The monoisotopic (exact) mass is 448 g/mol. The normalized spacial score (nSPS) is 19.1. The summed E-state index contributed by atoms with van der Waals surface area (Å²) in [5.41, 5.74) is 1.49. The number of benzene rings is 2. The number of rotatable bonds is 4. The first-order chi connectivity index (χ1) is 15.1. The molecule has 168 valence electrons. The molecule has 32 heavy (non-hydrogen) atoms. The molecule has 0 bridgehead atoms. The highest BCUT2D eigenvalue weighted by molar-refractivity contribution is 6.07. The summed E-state index contributed by atoms with van der Waals surface area (Å²) in [5.74, 6) is -1.20. The molecule has 0 radical (unpaired) electrons. The Bertz CT molecular complexity index is 1110. The topological polar surface area (TPSA) is 79.2 Å². The van der Waals surface area contributed by atoms with E-state index in [0.29, 0.717) is 16.8 Å². The third kappa shape index (κ3) is 4.31. The number of nitrogens with zero attached hydrogens (tertiary/aromatic N) is 2. The van der Waals surface area contributed by atoms with E-state index in [9.17, 15) is 27.5 Å². The largest absolute Gasteiger partial charge is 0.410 e. The van der Waals surface area contributed by atoms with E-state index >= 15 is 0 Å². The Kier molecular flexibility index (Phi) is 5.64. The van der Waals surface area contributed by atoms with Crippen LogP contribution in [0.4, 0.5) is 29.1 Å². The predicted molar refractivity (Wildman–Crippen MR) is 110 cm³/mol. The van der Waals surface area contributed by atoms with Crippen molar-refractivity contribution in [2.75, 3.05) is 10.6 Å². The van der Waals surface area contributed by atoms with Gasteiger partial charge in [0.2, 0.25) is 0 Å². The first-order valence-corrected chi connectivity index (χ1v) is 9.89. The molecule has 3 atom stereocenters. The van der Waals surface area contributed by atoms with Gasteiger partial charge in [-0.3, -0.25) is 4.79 Å². The molecule has 10 heteroatoms. The van der Waals surface area contributed by atoms with Gasteiger partial charge < -0.3 is 15.7 Å². The Morgan fingerprint density at radius 1 is 1.19 bits per heavy atom. The van der Waals surface area contributed by atoms with Crippen molar-refractivity contribution in [1.29, 1.82) is 0 Å². The summed E-state index contributed by atoms with van der Waals surface area (Å²) in [6, 6.07) is 8.89. The van der Waals surface area contributed by atoms with Crippen LogP contribution in [0, 0.1) is 5.82 Å². The van der Waals surface area contributed by atoms with Gasteiger partial charge >= 0.3 is 6.18 Å². The van der Waals surface area contributed by atoms with Gasteiger partial charge in [-0.15, -0.1) is 0 Å². The van der Waals surface area contributed by atoms with Crippen LogP contribution in [-0.2, 0) is 0 Å². The van der Waals surface area contributed by atoms with Crippen LogP contribution in [0.2, 0.25) is 0 Å². The minimum absolute atomic E-state index is 0.0503. The second kappa shape index (κ2) is 8.27. The van der Waals surface area contributed by atoms with Gasteiger partial charge in [0.25, 0.3) is 5.91 Å². The zero-order valence-electron chi connectivity index (χ0n) is 16.9. The highest BCUT2D eigenvalue weighted by Crippen LogP contribution is 2.44. The Hall–Kier alpha value is -3.40. The molecule has 2 heterocycles. The van der Waals surface area contributed by atoms with Crippen molar-refractivity contribution >= 4 is 17.4 Å². The average molecular weight is 448 g/mol. The molecule has 0 saturated heterocycles. The summed E-state index contributed by atoms with van der Waals surface area (Å²) < 4.78 is 55.3. The Morgan fingerprint density at radius 3 is 2.44 bits per heavy atom. The first-order valence-electron chi connectivity index (χ1n) is 9.89. The molecule has 1 aromatic heterocycles. The van der Waals surface area contributed by atoms with Crippen molar-refractivity contribution in [2.24, 2.45) is 0 Å². The van der Waals surface area contributed by atoms with Gasteiger partial charge in [0.15, 0.2) is 6.04 Å². The number of fused-ring (bicyclic) bond motifs is 1. The van der Waals surface area contributed by atoms with Crippen LogP contribution in [0.3, 0.4) is 0 Å². The molecular formula is C22H20F4N4O2. The van der Waals surface area contributed by atoms with Crippen LogP contribution in [0.15, 0.2) is 54.7 Å². The molecule has 1 amide bonds. The molecule has 0 spiro atoms. The number of nitrogens with one attached hydrogen (secondary N) is 2. The van der Waals surface area contributed by atoms with Gasteiger partial charge in [0.1, 0.15) is 17.2 Å². The lowest BCUT2D eigenvalue weighted by atomic mass is 9.96. The van der Waals surface area contributed by atoms with Crippen LogP contribution >= 0.6 is 0 Å². The number of alkyl halides is 3. The number of hydrogen-bond acceptors (Lipinski definition) is 4. The van der Waals surface area contributed by atoms with Crippen molar-refractivity contribution in [3.8, 4) is 0 Å². The molecule has 3 aromatic rings. The van der Waals surface area contributed by atoms with Crippen molar-refractivity contribution in [3.05, 3.63) is 77.2 Å². The van der Waals surface area contributed by atoms with Gasteiger partial charge in [0, 0.05) is 12.1 Å². The molecule has 0 saturated carbocycles. The van der Waals surface area contributed by atoms with E-state index in [0.717, 1.165) is 10.9 Å². The Morgan fingerprint density at radius 2 is 1.84 bits per heavy atom. The molecule has 3 N–H and O–H groups in total. The highest BCUT2D eigenvalue weighted by Gasteiger charge is 2.47. The van der Waals surface area contributed by atoms with E-state index in [1.807, 2.05) is 0 Å². The van der Waals surface area contributed by atoms with Crippen LogP contribution in [0.1, 0.15) is 53.0 Å². The number of aliphatic hydroxyl groups is 1. The maximum atomic E-state index is 13.8. The third-order valence-corrected chi connectivity index (χ3v) is 5.41. The summed E-state index contributed by atoms with van der Waals surface area (Å²) in [6.45, 7) is 1.60. The predicted octanol–water partition coefficient (Wildman–Crippen LogP) is 4.99. The number of amides is 1. The van der Waals surface area contributed by atoms with Crippen molar-refractivity contribution in [2.45, 2.75) is 37.7 Å². The zero-order valence-corrected chi connectivity index (χ0v) is 16.9.